The molecule has 1 aromatic carbocycles. The van der Waals surface area contributed by atoms with Crippen molar-refractivity contribution >= 4 is 32.8 Å². The summed E-state index contributed by atoms with van der Waals surface area (Å²) in [6, 6.07) is 4.64. The number of carbonyl (C=O) groups is 1. The largest absolute Gasteiger partial charge is 0.392 e. The number of hydrogen-bond donors (Lipinski definition) is 1. The maximum absolute atomic E-state index is 12.6. The van der Waals surface area contributed by atoms with E-state index in [0.717, 1.165) is 12.1 Å². The van der Waals surface area contributed by atoms with Gasteiger partial charge in [0.05, 0.1) is 4.99 Å². The Labute approximate surface area is 104 Å². The first kappa shape index (κ1) is 13.7. The summed E-state index contributed by atoms with van der Waals surface area (Å²) in [6.07, 6.45) is 0. The molecule has 0 aliphatic heterocycles. The maximum Gasteiger partial charge on any atom is 0.177 e. The summed E-state index contributed by atoms with van der Waals surface area (Å²) in [6.45, 7) is 0. The molecule has 0 saturated carbocycles. The van der Waals surface area contributed by atoms with E-state index in [9.17, 15) is 17.6 Å². The molecule has 1 aromatic rings. The van der Waals surface area contributed by atoms with E-state index in [1.807, 2.05) is 0 Å². The van der Waals surface area contributed by atoms with Crippen molar-refractivity contribution in [2.24, 2.45) is 5.73 Å². The monoisotopic (exact) mass is 275 g/mol. The third kappa shape index (κ3) is 4.58. The van der Waals surface area contributed by atoms with Crippen molar-refractivity contribution in [1.82, 2.24) is 0 Å². The molecule has 1 rings (SSSR count). The van der Waals surface area contributed by atoms with Gasteiger partial charge in [0, 0.05) is 5.56 Å². The zero-order valence-electron chi connectivity index (χ0n) is 8.72. The lowest BCUT2D eigenvalue weighted by Gasteiger charge is -2.02. The predicted octanol–water partition coefficient (Wildman–Crippen LogP) is 0.709. The minimum absolute atomic E-state index is 0.137. The van der Waals surface area contributed by atoms with E-state index in [1.54, 1.807) is 0 Å². The van der Waals surface area contributed by atoms with Crippen LogP contribution in [0.1, 0.15) is 10.4 Å². The van der Waals surface area contributed by atoms with Crippen molar-refractivity contribution in [3.05, 3.63) is 35.6 Å². The van der Waals surface area contributed by atoms with E-state index in [1.165, 1.54) is 12.1 Å². The van der Waals surface area contributed by atoms with Crippen molar-refractivity contribution in [1.29, 1.82) is 0 Å². The number of sulfone groups is 1. The lowest BCUT2D eigenvalue weighted by Crippen LogP contribution is -2.26. The highest BCUT2D eigenvalue weighted by Gasteiger charge is 2.18. The Kier molecular flexibility index (Phi) is 4.30. The highest BCUT2D eigenvalue weighted by Crippen LogP contribution is 2.05. The van der Waals surface area contributed by atoms with Crippen LogP contribution in [0.5, 0.6) is 0 Å². The van der Waals surface area contributed by atoms with E-state index in [4.69, 9.17) is 5.73 Å². The van der Waals surface area contributed by atoms with Gasteiger partial charge in [-0.1, -0.05) is 12.2 Å². The molecule has 2 N–H and O–H groups in total. The average Bonchev–Trinajstić information content (AvgIpc) is 2.15. The van der Waals surface area contributed by atoms with E-state index in [2.05, 4.69) is 12.2 Å². The number of carbonyl (C=O) groups excluding carboxylic acids is 1. The van der Waals surface area contributed by atoms with Crippen molar-refractivity contribution < 1.29 is 17.6 Å². The molecule has 0 atom stereocenters. The van der Waals surface area contributed by atoms with Crippen LogP contribution in [0.3, 0.4) is 0 Å². The zero-order valence-corrected chi connectivity index (χ0v) is 10.4. The molecule has 0 heterocycles. The fraction of sp³-hybridized carbons (Fsp3) is 0.200. The van der Waals surface area contributed by atoms with Gasteiger partial charge in [0.1, 0.15) is 17.3 Å². The molecule has 0 radical (unpaired) electrons. The van der Waals surface area contributed by atoms with Crippen LogP contribution in [0.25, 0.3) is 0 Å². The van der Waals surface area contributed by atoms with E-state index < -0.39 is 32.9 Å². The van der Waals surface area contributed by atoms with Gasteiger partial charge in [0.2, 0.25) is 0 Å². The average molecular weight is 275 g/mol. The molecule has 0 amide bonds. The maximum atomic E-state index is 12.6. The summed E-state index contributed by atoms with van der Waals surface area (Å²) in [7, 11) is -3.65. The van der Waals surface area contributed by atoms with Gasteiger partial charge in [0.15, 0.2) is 15.6 Å². The molecule has 0 aliphatic rings. The van der Waals surface area contributed by atoms with Crippen molar-refractivity contribution in [3.63, 3.8) is 0 Å². The Hall–Kier alpha value is -1.34. The molecular weight excluding hydrogens is 265 g/mol. The van der Waals surface area contributed by atoms with Crippen molar-refractivity contribution in [2.75, 3.05) is 11.5 Å². The lowest BCUT2D eigenvalue weighted by atomic mass is 10.1. The van der Waals surface area contributed by atoms with Gasteiger partial charge in [-0.15, -0.1) is 0 Å². The van der Waals surface area contributed by atoms with Gasteiger partial charge in [-0.25, -0.2) is 12.8 Å². The third-order valence-corrected chi connectivity index (χ3v) is 3.66. The second kappa shape index (κ2) is 5.33. The van der Waals surface area contributed by atoms with Gasteiger partial charge >= 0.3 is 0 Å². The molecule has 92 valence electrons. The summed E-state index contributed by atoms with van der Waals surface area (Å²) >= 11 is 4.47. The molecule has 7 heteroatoms. The van der Waals surface area contributed by atoms with Crippen LogP contribution in [0.2, 0.25) is 0 Å². The molecular formula is C10H10FNO3S2. The molecule has 17 heavy (non-hydrogen) atoms. The Morgan fingerprint density at radius 1 is 1.24 bits per heavy atom. The van der Waals surface area contributed by atoms with Crippen LogP contribution in [0.4, 0.5) is 4.39 Å². The van der Waals surface area contributed by atoms with Gasteiger partial charge in [-0.2, -0.15) is 0 Å². The van der Waals surface area contributed by atoms with E-state index in [-0.39, 0.29) is 10.6 Å². The normalized spacial score (nSPS) is 11.1. The van der Waals surface area contributed by atoms with E-state index >= 15 is 0 Å². The Bertz CT molecular complexity index is 537. The molecule has 0 unspecified atom stereocenters. The topological polar surface area (TPSA) is 77.2 Å². The SMILES string of the molecule is NC(=S)CS(=O)(=O)CC(=O)c1ccc(F)cc1. The molecule has 0 aliphatic carbocycles. The number of ketones is 1. The number of benzene rings is 1. The third-order valence-electron chi connectivity index (χ3n) is 1.88. The van der Waals surface area contributed by atoms with E-state index in [0.29, 0.717) is 0 Å². The van der Waals surface area contributed by atoms with Gasteiger partial charge in [0.25, 0.3) is 0 Å². The minimum atomic E-state index is -3.65. The first-order chi connectivity index (χ1) is 7.80. The number of rotatable bonds is 5. The van der Waals surface area contributed by atoms with Crippen LogP contribution < -0.4 is 5.73 Å². The minimum Gasteiger partial charge on any atom is -0.392 e. The summed E-state index contributed by atoms with van der Waals surface area (Å²) in [4.78, 5) is 11.4. The van der Waals surface area contributed by atoms with Crippen LogP contribution >= 0.6 is 12.2 Å². The second-order valence-corrected chi connectivity index (χ2v) is 6.02. The fourth-order valence-corrected chi connectivity index (χ4v) is 2.83. The number of hydrogen-bond acceptors (Lipinski definition) is 4. The molecule has 0 saturated heterocycles. The Morgan fingerprint density at radius 2 is 1.76 bits per heavy atom. The predicted molar refractivity (Wildman–Crippen MR) is 66.2 cm³/mol. The molecule has 0 bridgehead atoms. The quantitative estimate of drug-likeness (QED) is 0.632. The summed E-state index contributed by atoms with van der Waals surface area (Å²) in [5.74, 6) is -2.29. The highest BCUT2D eigenvalue weighted by molar-refractivity contribution is 7.94. The Morgan fingerprint density at radius 3 is 2.24 bits per heavy atom. The molecule has 0 spiro atoms. The highest BCUT2D eigenvalue weighted by atomic mass is 32.2. The first-order valence-corrected chi connectivity index (χ1v) is 6.80. The number of Topliss-reactive ketones (excluding diaryl/α,β-unsaturated/α-hetero) is 1. The first-order valence-electron chi connectivity index (χ1n) is 4.58. The van der Waals surface area contributed by atoms with Crippen molar-refractivity contribution in [2.45, 2.75) is 0 Å². The molecule has 0 fully saturated rings. The number of halogens is 1. The van der Waals surface area contributed by atoms with Gasteiger partial charge in [-0.05, 0) is 24.3 Å². The standard InChI is InChI=1S/C10H10FNO3S2/c11-8-3-1-7(2-4-8)9(13)5-17(14,15)6-10(12)16/h1-4H,5-6H2,(H2,12,16). The van der Waals surface area contributed by atoms with Crippen LogP contribution in [-0.4, -0.2) is 30.7 Å². The van der Waals surface area contributed by atoms with Crippen LogP contribution in [0, 0.1) is 5.82 Å². The van der Waals surface area contributed by atoms with Crippen LogP contribution in [-0.2, 0) is 9.84 Å². The lowest BCUT2D eigenvalue weighted by molar-refractivity contribution is 0.102. The van der Waals surface area contributed by atoms with Crippen LogP contribution in [0.15, 0.2) is 24.3 Å². The smallest absolute Gasteiger partial charge is 0.177 e. The second-order valence-electron chi connectivity index (χ2n) is 3.43. The number of thiocarbonyl (C=S) groups is 1. The summed E-state index contributed by atoms with van der Waals surface area (Å²) in [5, 5.41) is 0. The fourth-order valence-electron chi connectivity index (χ4n) is 1.19. The Balaban J connectivity index is 2.79. The molecule has 4 nitrogen and oxygen atoms in total. The number of nitrogens with two attached hydrogens (primary N) is 1. The van der Waals surface area contributed by atoms with Gasteiger partial charge in [-0.3, -0.25) is 4.79 Å². The van der Waals surface area contributed by atoms with Gasteiger partial charge < -0.3 is 5.73 Å². The summed E-state index contributed by atoms with van der Waals surface area (Å²) in [5.41, 5.74) is 5.24. The molecule has 0 aromatic heterocycles. The zero-order chi connectivity index (χ0) is 13.1. The summed E-state index contributed by atoms with van der Waals surface area (Å²) < 4.78 is 35.5. The van der Waals surface area contributed by atoms with Crippen molar-refractivity contribution in [3.8, 4) is 0 Å².